The lowest BCUT2D eigenvalue weighted by Crippen LogP contribution is -2.50. The number of carbonyl (C=O) groups excluding carboxylic acids is 2. The van der Waals surface area contributed by atoms with Crippen LogP contribution in [-0.2, 0) is 4.79 Å². The number of nitrogens with two attached hydrogens (primary N) is 1. The molecular weight excluding hydrogens is 414 g/mol. The van der Waals surface area contributed by atoms with Crippen LogP contribution in [0.4, 0.5) is 8.78 Å². The van der Waals surface area contributed by atoms with Crippen molar-refractivity contribution in [3.63, 3.8) is 0 Å². The van der Waals surface area contributed by atoms with Crippen LogP contribution in [0, 0.1) is 24.0 Å². The summed E-state index contributed by atoms with van der Waals surface area (Å²) in [5.74, 6) is -2.14. The van der Waals surface area contributed by atoms with Gasteiger partial charge in [-0.1, -0.05) is 11.6 Å². The first-order valence-electron chi connectivity index (χ1n) is 9.61. The zero-order valence-corrected chi connectivity index (χ0v) is 17.3. The minimum absolute atomic E-state index is 0.0231. The van der Waals surface area contributed by atoms with Crippen molar-refractivity contribution in [1.82, 2.24) is 4.90 Å². The van der Waals surface area contributed by atoms with Crippen LogP contribution >= 0.6 is 11.6 Å². The number of aryl methyl sites for hydroxylation is 1. The van der Waals surface area contributed by atoms with E-state index in [1.165, 1.54) is 4.90 Å². The fourth-order valence-electron chi connectivity index (χ4n) is 3.84. The Morgan fingerprint density at radius 3 is 2.67 bits per heavy atom. The Morgan fingerprint density at radius 2 is 2.00 bits per heavy atom. The Balaban J connectivity index is 1.80. The first-order chi connectivity index (χ1) is 14.2. The molecule has 0 radical (unpaired) electrons. The Bertz CT molecular complexity index is 969. The molecule has 2 aromatic carbocycles. The maximum atomic E-state index is 14.1. The highest BCUT2D eigenvalue weighted by atomic mass is 35.5. The van der Waals surface area contributed by atoms with Gasteiger partial charge in [0.05, 0.1) is 12.2 Å². The van der Waals surface area contributed by atoms with E-state index in [1.807, 2.05) is 6.92 Å². The van der Waals surface area contributed by atoms with Crippen molar-refractivity contribution in [1.29, 1.82) is 0 Å². The van der Waals surface area contributed by atoms with Gasteiger partial charge in [-0.15, -0.1) is 0 Å². The molecule has 0 saturated carbocycles. The number of benzene rings is 2. The molecule has 0 spiro atoms. The SMILES string of the molecule is Cc1cc(OCC2(CC(N)=O)CCCN(C(=O)c3ccc(F)cc3F)C2)ccc1Cl. The number of piperidine rings is 1. The minimum Gasteiger partial charge on any atom is -0.493 e. The van der Waals surface area contributed by atoms with E-state index in [-0.39, 0.29) is 25.1 Å². The zero-order chi connectivity index (χ0) is 21.9. The molecule has 2 amide bonds. The number of hydrogen-bond acceptors (Lipinski definition) is 3. The van der Waals surface area contributed by atoms with Gasteiger partial charge in [0.1, 0.15) is 17.4 Å². The van der Waals surface area contributed by atoms with E-state index in [0.717, 1.165) is 17.7 Å². The van der Waals surface area contributed by atoms with Crippen molar-refractivity contribution in [2.24, 2.45) is 11.1 Å². The number of halogens is 3. The first kappa shape index (κ1) is 22.0. The molecule has 2 N–H and O–H groups in total. The van der Waals surface area contributed by atoms with Gasteiger partial charge >= 0.3 is 0 Å². The Hall–Kier alpha value is -2.67. The number of ether oxygens (including phenoxy) is 1. The summed E-state index contributed by atoms with van der Waals surface area (Å²) in [6.07, 6.45) is 1.25. The van der Waals surface area contributed by atoms with Crippen LogP contribution in [-0.4, -0.2) is 36.4 Å². The van der Waals surface area contributed by atoms with Crippen molar-refractivity contribution in [3.8, 4) is 5.75 Å². The summed E-state index contributed by atoms with van der Waals surface area (Å²) in [4.78, 5) is 26.1. The second kappa shape index (κ2) is 9.00. The summed E-state index contributed by atoms with van der Waals surface area (Å²) >= 11 is 6.05. The number of carbonyl (C=O) groups is 2. The van der Waals surface area contributed by atoms with Gasteiger partial charge in [-0.3, -0.25) is 9.59 Å². The lowest BCUT2D eigenvalue weighted by Gasteiger charge is -2.42. The van der Waals surface area contributed by atoms with E-state index in [4.69, 9.17) is 22.1 Å². The molecule has 1 heterocycles. The van der Waals surface area contributed by atoms with E-state index in [1.54, 1.807) is 18.2 Å². The lowest BCUT2D eigenvalue weighted by molar-refractivity contribution is -0.122. The second-order valence-corrected chi connectivity index (χ2v) is 8.20. The maximum absolute atomic E-state index is 14.1. The lowest BCUT2D eigenvalue weighted by atomic mass is 9.77. The van der Waals surface area contributed by atoms with Crippen LogP contribution in [0.25, 0.3) is 0 Å². The third-order valence-corrected chi connectivity index (χ3v) is 5.76. The Morgan fingerprint density at radius 1 is 1.23 bits per heavy atom. The topological polar surface area (TPSA) is 72.6 Å². The molecule has 1 saturated heterocycles. The number of nitrogens with zero attached hydrogens (tertiary/aromatic N) is 1. The van der Waals surface area contributed by atoms with E-state index >= 15 is 0 Å². The molecule has 1 unspecified atom stereocenters. The average molecular weight is 437 g/mol. The van der Waals surface area contributed by atoms with Crippen LogP contribution in [0.15, 0.2) is 36.4 Å². The highest BCUT2D eigenvalue weighted by molar-refractivity contribution is 6.31. The van der Waals surface area contributed by atoms with Gasteiger partial charge in [-0.25, -0.2) is 8.78 Å². The molecule has 0 aliphatic carbocycles. The van der Waals surface area contributed by atoms with Gasteiger partial charge in [0.15, 0.2) is 0 Å². The molecule has 30 heavy (non-hydrogen) atoms. The van der Waals surface area contributed by atoms with Crippen LogP contribution in [0.5, 0.6) is 5.75 Å². The van der Waals surface area contributed by atoms with Crippen molar-refractivity contribution in [2.45, 2.75) is 26.2 Å². The largest absolute Gasteiger partial charge is 0.493 e. The second-order valence-electron chi connectivity index (χ2n) is 7.80. The van der Waals surface area contributed by atoms with Crippen LogP contribution in [0.3, 0.4) is 0 Å². The van der Waals surface area contributed by atoms with E-state index < -0.39 is 28.9 Å². The number of hydrogen-bond donors (Lipinski definition) is 1. The standard InChI is InChI=1S/C22H23ClF2N2O3/c1-14-9-16(4-6-18(14)23)30-13-22(11-20(26)28)7-2-8-27(12-22)21(29)17-5-3-15(24)10-19(17)25/h3-6,9-10H,2,7-8,11-13H2,1H3,(H2,26,28). The third kappa shape index (κ3) is 5.08. The van der Waals surface area contributed by atoms with Crippen LogP contribution < -0.4 is 10.5 Å². The van der Waals surface area contributed by atoms with Crippen LogP contribution in [0.1, 0.15) is 35.2 Å². The molecule has 0 bridgehead atoms. The Kier molecular flexibility index (Phi) is 6.61. The van der Waals surface area contributed by atoms with Crippen molar-refractivity contribution >= 4 is 23.4 Å². The molecule has 1 aliphatic heterocycles. The maximum Gasteiger partial charge on any atom is 0.256 e. The molecule has 1 aliphatic rings. The number of amides is 2. The predicted octanol–water partition coefficient (Wildman–Crippen LogP) is 4.10. The van der Waals surface area contributed by atoms with Gasteiger partial charge in [-0.2, -0.15) is 0 Å². The summed E-state index contributed by atoms with van der Waals surface area (Å²) in [6.45, 7) is 2.59. The highest BCUT2D eigenvalue weighted by Crippen LogP contribution is 2.35. The molecule has 8 heteroatoms. The van der Waals surface area contributed by atoms with Crippen LogP contribution in [0.2, 0.25) is 5.02 Å². The summed E-state index contributed by atoms with van der Waals surface area (Å²) in [5, 5.41) is 0.616. The molecule has 5 nitrogen and oxygen atoms in total. The fourth-order valence-corrected chi connectivity index (χ4v) is 3.96. The number of rotatable bonds is 6. The van der Waals surface area contributed by atoms with E-state index in [0.29, 0.717) is 36.2 Å². The molecule has 2 aromatic rings. The quantitative estimate of drug-likeness (QED) is 0.740. The van der Waals surface area contributed by atoms with Gasteiger partial charge in [0.2, 0.25) is 5.91 Å². The van der Waals surface area contributed by atoms with E-state index in [9.17, 15) is 18.4 Å². The summed E-state index contributed by atoms with van der Waals surface area (Å²) in [5.41, 5.74) is 5.42. The smallest absolute Gasteiger partial charge is 0.256 e. The molecule has 160 valence electrons. The van der Waals surface area contributed by atoms with Gasteiger partial charge in [0, 0.05) is 36.0 Å². The van der Waals surface area contributed by atoms with Gasteiger partial charge < -0.3 is 15.4 Å². The Labute approximate surface area is 178 Å². The number of likely N-dealkylation sites (tertiary alicyclic amines) is 1. The predicted molar refractivity (Wildman–Crippen MR) is 109 cm³/mol. The molecule has 0 aromatic heterocycles. The van der Waals surface area contributed by atoms with Gasteiger partial charge in [0.25, 0.3) is 5.91 Å². The summed E-state index contributed by atoms with van der Waals surface area (Å²) < 4.78 is 33.2. The fraction of sp³-hybridized carbons (Fsp3) is 0.364. The van der Waals surface area contributed by atoms with Crippen molar-refractivity contribution in [3.05, 3.63) is 64.2 Å². The van der Waals surface area contributed by atoms with Crippen molar-refractivity contribution in [2.75, 3.05) is 19.7 Å². The third-order valence-electron chi connectivity index (χ3n) is 5.33. The molecule has 3 rings (SSSR count). The first-order valence-corrected chi connectivity index (χ1v) is 9.98. The highest BCUT2D eigenvalue weighted by Gasteiger charge is 2.40. The normalized spacial score (nSPS) is 18.9. The minimum atomic E-state index is -0.918. The monoisotopic (exact) mass is 436 g/mol. The zero-order valence-electron chi connectivity index (χ0n) is 16.6. The average Bonchev–Trinajstić information content (AvgIpc) is 2.68. The summed E-state index contributed by atoms with van der Waals surface area (Å²) in [6, 6.07) is 8.10. The summed E-state index contributed by atoms with van der Waals surface area (Å²) in [7, 11) is 0. The number of primary amides is 1. The molecule has 1 atom stereocenters. The van der Waals surface area contributed by atoms with Crippen molar-refractivity contribution < 1.29 is 23.1 Å². The van der Waals surface area contributed by atoms with Gasteiger partial charge in [-0.05, 0) is 55.7 Å². The van der Waals surface area contributed by atoms with E-state index in [2.05, 4.69) is 0 Å². The molecular formula is C22H23ClF2N2O3. The molecule has 1 fully saturated rings.